The molecule has 7 aromatic carbocycles. The topological polar surface area (TPSA) is 43.6 Å². The molecule has 0 unspecified atom stereocenters. The van der Waals surface area contributed by atoms with E-state index in [4.69, 9.17) is 15.0 Å². The van der Waals surface area contributed by atoms with Gasteiger partial charge in [0.15, 0.2) is 17.5 Å². The van der Waals surface area contributed by atoms with E-state index in [1.54, 1.807) is 0 Å². The summed E-state index contributed by atoms with van der Waals surface area (Å²) in [6.07, 6.45) is 2.26. The van der Waals surface area contributed by atoms with Crippen molar-refractivity contribution in [2.24, 2.45) is 0 Å². The molecule has 2 aromatic heterocycles. The van der Waals surface area contributed by atoms with E-state index in [0.717, 1.165) is 44.6 Å². The Morgan fingerprint density at radius 2 is 0.725 bits per heavy atom. The van der Waals surface area contributed by atoms with Gasteiger partial charge in [0.2, 0.25) is 0 Å². The molecular weight excluding hydrogens is 621 g/mol. The lowest BCUT2D eigenvalue weighted by Gasteiger charge is -2.11. The number of hydrogen-bond acceptors (Lipinski definition) is 3. The van der Waals surface area contributed by atoms with Crippen molar-refractivity contribution in [2.75, 3.05) is 0 Å². The van der Waals surface area contributed by atoms with Gasteiger partial charge in [0, 0.05) is 39.5 Å². The zero-order chi connectivity index (χ0) is 34.0. The summed E-state index contributed by atoms with van der Waals surface area (Å²) in [6, 6.07) is 65.4. The Morgan fingerprint density at radius 3 is 1.31 bits per heavy atom. The van der Waals surface area contributed by atoms with Crippen LogP contribution in [0.5, 0.6) is 0 Å². The molecule has 0 spiro atoms. The van der Waals surface area contributed by atoms with E-state index in [1.807, 2.05) is 60.7 Å². The second-order valence-corrected chi connectivity index (χ2v) is 12.5. The van der Waals surface area contributed by atoms with Gasteiger partial charge < -0.3 is 4.57 Å². The zero-order valence-corrected chi connectivity index (χ0v) is 27.8. The Bertz CT molecular complexity index is 2570. The standard InChI is InChI=1S/C47H32N4/c1-4-15-33(16-5-1)43-32-51(44-28-11-10-27-42(43)44)41-26-14-24-39(31-41)37-22-12-21-36(29-37)38-23-13-25-40(30-38)47-49-45(34-17-6-2-7-18-34)48-46(50-47)35-19-8-3-9-20-35/h1-32H. The van der Waals surface area contributed by atoms with E-state index >= 15 is 0 Å². The zero-order valence-electron chi connectivity index (χ0n) is 27.8. The van der Waals surface area contributed by atoms with Crippen molar-refractivity contribution in [1.82, 2.24) is 19.5 Å². The van der Waals surface area contributed by atoms with Gasteiger partial charge in [-0.1, -0.05) is 158 Å². The number of rotatable bonds is 7. The van der Waals surface area contributed by atoms with Crippen LogP contribution in [0.4, 0.5) is 0 Å². The first-order valence-electron chi connectivity index (χ1n) is 17.1. The fourth-order valence-corrected chi connectivity index (χ4v) is 6.73. The van der Waals surface area contributed by atoms with Crippen LogP contribution < -0.4 is 0 Å². The molecule has 0 bridgehead atoms. The lowest BCUT2D eigenvalue weighted by molar-refractivity contribution is 1.07. The van der Waals surface area contributed by atoms with Crippen LogP contribution in [0.2, 0.25) is 0 Å². The number of para-hydroxylation sites is 1. The third kappa shape index (κ3) is 6.00. The summed E-state index contributed by atoms with van der Waals surface area (Å²) < 4.78 is 2.30. The molecule has 240 valence electrons. The molecular formula is C47H32N4. The normalized spacial score (nSPS) is 11.1. The molecule has 2 heterocycles. The SMILES string of the molecule is c1ccc(-c2nc(-c3ccccc3)nc(-c3cccc(-c4cccc(-c5cccc(-n6cc(-c7ccccc7)c7ccccc76)c5)c4)c3)n2)cc1. The van der Waals surface area contributed by atoms with Gasteiger partial charge in [-0.05, 0) is 58.1 Å². The van der Waals surface area contributed by atoms with Gasteiger partial charge in [-0.3, -0.25) is 0 Å². The molecule has 0 radical (unpaired) electrons. The summed E-state index contributed by atoms with van der Waals surface area (Å²) in [7, 11) is 0. The van der Waals surface area contributed by atoms with E-state index in [1.165, 1.54) is 22.0 Å². The summed E-state index contributed by atoms with van der Waals surface area (Å²) in [6.45, 7) is 0. The maximum Gasteiger partial charge on any atom is 0.164 e. The van der Waals surface area contributed by atoms with Crippen molar-refractivity contribution in [3.8, 4) is 73.2 Å². The quantitative estimate of drug-likeness (QED) is 0.172. The minimum Gasteiger partial charge on any atom is -0.316 e. The first-order chi connectivity index (χ1) is 25.3. The molecule has 4 nitrogen and oxygen atoms in total. The van der Waals surface area contributed by atoms with E-state index < -0.39 is 0 Å². The highest BCUT2D eigenvalue weighted by molar-refractivity contribution is 5.97. The minimum absolute atomic E-state index is 0.641. The van der Waals surface area contributed by atoms with Gasteiger partial charge in [0.25, 0.3) is 0 Å². The van der Waals surface area contributed by atoms with Crippen LogP contribution in [0.25, 0.3) is 84.1 Å². The second kappa shape index (κ2) is 13.2. The molecule has 0 amide bonds. The molecule has 4 heteroatoms. The van der Waals surface area contributed by atoms with Gasteiger partial charge in [0.1, 0.15) is 0 Å². The van der Waals surface area contributed by atoms with Crippen molar-refractivity contribution >= 4 is 10.9 Å². The first kappa shape index (κ1) is 30.2. The molecule has 9 rings (SSSR count). The predicted octanol–water partition coefficient (Wildman–Crippen LogP) is 11.8. The summed E-state index contributed by atoms with van der Waals surface area (Å²) in [4.78, 5) is 14.8. The number of nitrogens with zero attached hydrogens (tertiary/aromatic N) is 4. The predicted molar refractivity (Wildman–Crippen MR) is 209 cm³/mol. The van der Waals surface area contributed by atoms with Crippen molar-refractivity contribution in [3.63, 3.8) is 0 Å². The van der Waals surface area contributed by atoms with Gasteiger partial charge in [-0.2, -0.15) is 0 Å². The third-order valence-corrected chi connectivity index (χ3v) is 9.27. The highest BCUT2D eigenvalue weighted by Gasteiger charge is 2.14. The molecule has 0 aliphatic carbocycles. The molecule has 0 N–H and O–H groups in total. The molecule has 9 aromatic rings. The van der Waals surface area contributed by atoms with E-state index in [2.05, 4.69) is 138 Å². The van der Waals surface area contributed by atoms with Crippen LogP contribution >= 0.6 is 0 Å². The Hall–Kier alpha value is -6.91. The Labute approximate surface area is 297 Å². The molecule has 0 saturated heterocycles. The van der Waals surface area contributed by atoms with Crippen molar-refractivity contribution in [3.05, 3.63) is 194 Å². The second-order valence-electron chi connectivity index (χ2n) is 12.5. The van der Waals surface area contributed by atoms with Crippen LogP contribution in [-0.4, -0.2) is 19.5 Å². The van der Waals surface area contributed by atoms with Crippen LogP contribution in [0.3, 0.4) is 0 Å². The summed E-state index contributed by atoms with van der Waals surface area (Å²) in [5.74, 6) is 1.94. The third-order valence-electron chi connectivity index (χ3n) is 9.27. The van der Waals surface area contributed by atoms with Gasteiger partial charge in [0.05, 0.1) is 5.52 Å². The van der Waals surface area contributed by atoms with Crippen molar-refractivity contribution < 1.29 is 0 Å². The average molecular weight is 653 g/mol. The first-order valence-corrected chi connectivity index (χ1v) is 17.1. The van der Waals surface area contributed by atoms with Crippen LogP contribution in [0.1, 0.15) is 0 Å². The van der Waals surface area contributed by atoms with Crippen molar-refractivity contribution in [1.29, 1.82) is 0 Å². The summed E-state index contributed by atoms with van der Waals surface area (Å²) in [5.41, 5.74) is 12.1. The molecule has 0 aliphatic rings. The van der Waals surface area contributed by atoms with E-state index in [9.17, 15) is 0 Å². The van der Waals surface area contributed by atoms with E-state index in [-0.39, 0.29) is 0 Å². The molecule has 0 saturated carbocycles. The number of fused-ring (bicyclic) bond motifs is 1. The molecule has 51 heavy (non-hydrogen) atoms. The van der Waals surface area contributed by atoms with Crippen LogP contribution in [-0.2, 0) is 0 Å². The van der Waals surface area contributed by atoms with Crippen molar-refractivity contribution in [2.45, 2.75) is 0 Å². The smallest absolute Gasteiger partial charge is 0.164 e. The fraction of sp³-hybridized carbons (Fsp3) is 0. The number of aromatic nitrogens is 4. The summed E-state index contributed by atoms with van der Waals surface area (Å²) >= 11 is 0. The number of benzene rings is 7. The van der Waals surface area contributed by atoms with Gasteiger partial charge in [-0.15, -0.1) is 0 Å². The lowest BCUT2D eigenvalue weighted by Crippen LogP contribution is -2.00. The van der Waals surface area contributed by atoms with Crippen LogP contribution in [0, 0.1) is 0 Å². The number of hydrogen-bond donors (Lipinski definition) is 0. The van der Waals surface area contributed by atoms with Gasteiger partial charge >= 0.3 is 0 Å². The fourth-order valence-electron chi connectivity index (χ4n) is 6.73. The van der Waals surface area contributed by atoms with Crippen LogP contribution in [0.15, 0.2) is 194 Å². The molecule has 0 aliphatic heterocycles. The lowest BCUT2D eigenvalue weighted by atomic mass is 9.97. The molecule has 0 fully saturated rings. The highest BCUT2D eigenvalue weighted by Crippen LogP contribution is 2.35. The Balaban J connectivity index is 1.08. The maximum absolute atomic E-state index is 4.96. The minimum atomic E-state index is 0.641. The maximum atomic E-state index is 4.96. The Kier molecular flexibility index (Phi) is 7.80. The molecule has 0 atom stereocenters. The largest absolute Gasteiger partial charge is 0.316 e. The Morgan fingerprint density at radius 1 is 0.314 bits per heavy atom. The highest BCUT2D eigenvalue weighted by atomic mass is 15.0. The average Bonchev–Trinajstić information content (AvgIpc) is 3.62. The van der Waals surface area contributed by atoms with Gasteiger partial charge in [-0.25, -0.2) is 15.0 Å². The monoisotopic (exact) mass is 652 g/mol. The van der Waals surface area contributed by atoms with E-state index in [0.29, 0.717) is 17.5 Å². The summed E-state index contributed by atoms with van der Waals surface area (Å²) in [5, 5.41) is 1.24.